The zero-order chi connectivity index (χ0) is 30.7. The van der Waals surface area contributed by atoms with E-state index in [1.54, 1.807) is 15.6 Å². The van der Waals surface area contributed by atoms with Gasteiger partial charge in [-0.15, -0.1) is 0 Å². The molecule has 4 rings (SSSR count). The first-order valence-electron chi connectivity index (χ1n) is 14.6. The lowest BCUT2D eigenvalue weighted by Crippen LogP contribution is -2.49. The molecule has 11 nitrogen and oxygen atoms in total. The molecule has 1 unspecified atom stereocenters. The summed E-state index contributed by atoms with van der Waals surface area (Å²) in [6.07, 6.45) is 2.64. The smallest absolute Gasteiger partial charge is 0.420 e. The molecule has 3 heterocycles. The van der Waals surface area contributed by atoms with E-state index in [0.717, 1.165) is 24.1 Å². The summed E-state index contributed by atoms with van der Waals surface area (Å²) in [7, 11) is 0. The van der Waals surface area contributed by atoms with Crippen LogP contribution in [-0.2, 0) is 16.0 Å². The number of carbonyl (C=O) groups excluding carboxylic acids is 2. The van der Waals surface area contributed by atoms with Crippen molar-refractivity contribution in [3.8, 4) is 5.75 Å². The fourth-order valence-corrected chi connectivity index (χ4v) is 4.85. The number of carbonyl (C=O) groups is 2. The molecular weight excluding hydrogens is 536 g/mol. The summed E-state index contributed by atoms with van der Waals surface area (Å²) in [5, 5.41) is 8.09. The fraction of sp³-hybridized carbons (Fsp3) is 0.548. The fourth-order valence-electron chi connectivity index (χ4n) is 4.85. The number of ether oxygens (including phenoxy) is 3. The number of anilines is 2. The molecule has 2 aromatic heterocycles. The zero-order valence-electron chi connectivity index (χ0n) is 26.1. The highest BCUT2D eigenvalue weighted by atomic mass is 16.6. The molecule has 11 heteroatoms. The molecule has 1 N–H and O–H groups in total. The lowest BCUT2D eigenvalue weighted by Gasteiger charge is -2.34. The van der Waals surface area contributed by atoms with Crippen LogP contribution in [0.2, 0.25) is 0 Å². The second-order valence-electron chi connectivity index (χ2n) is 12.5. The Kier molecular flexibility index (Phi) is 9.30. The summed E-state index contributed by atoms with van der Waals surface area (Å²) in [4.78, 5) is 34.6. The molecule has 42 heavy (non-hydrogen) atoms. The van der Waals surface area contributed by atoms with Crippen molar-refractivity contribution in [2.75, 3.05) is 24.6 Å². The van der Waals surface area contributed by atoms with Gasteiger partial charge in [-0.05, 0) is 92.5 Å². The Bertz CT molecular complexity index is 1390. The highest BCUT2D eigenvalue weighted by molar-refractivity contribution is 5.96. The van der Waals surface area contributed by atoms with Crippen molar-refractivity contribution in [1.82, 2.24) is 24.8 Å². The van der Waals surface area contributed by atoms with Crippen LogP contribution in [0.3, 0.4) is 0 Å². The Morgan fingerprint density at radius 1 is 1.05 bits per heavy atom. The molecule has 228 valence electrons. The molecule has 1 atom stereocenters. The number of piperidine rings is 1. The third-order valence-electron chi connectivity index (χ3n) is 6.67. The van der Waals surface area contributed by atoms with E-state index in [-0.39, 0.29) is 12.1 Å². The Balaban J connectivity index is 1.65. The molecule has 1 aliphatic heterocycles. The Morgan fingerprint density at radius 3 is 2.38 bits per heavy atom. The van der Waals surface area contributed by atoms with E-state index in [2.05, 4.69) is 10.4 Å². The third-order valence-corrected chi connectivity index (χ3v) is 6.67. The van der Waals surface area contributed by atoms with Crippen LogP contribution >= 0.6 is 0 Å². The van der Waals surface area contributed by atoms with Gasteiger partial charge in [0.15, 0.2) is 11.5 Å². The number of likely N-dealkylation sites (tertiary alicyclic amines) is 1. The summed E-state index contributed by atoms with van der Waals surface area (Å²) >= 11 is 0. The molecule has 1 saturated heterocycles. The number of amides is 2. The zero-order valence-corrected chi connectivity index (χ0v) is 26.1. The lowest BCUT2D eigenvalue weighted by molar-refractivity contribution is 0.0187. The maximum Gasteiger partial charge on any atom is 0.420 e. The molecule has 3 aromatic rings. The van der Waals surface area contributed by atoms with Gasteiger partial charge in [-0.1, -0.05) is 0 Å². The number of benzene rings is 1. The predicted molar refractivity (Wildman–Crippen MR) is 161 cm³/mol. The maximum atomic E-state index is 13.7. The second-order valence-corrected chi connectivity index (χ2v) is 12.5. The van der Waals surface area contributed by atoms with Crippen LogP contribution in [0.5, 0.6) is 5.75 Å². The van der Waals surface area contributed by atoms with Gasteiger partial charge in [0.2, 0.25) is 0 Å². The largest absolute Gasteiger partial charge is 0.494 e. The minimum Gasteiger partial charge on any atom is -0.494 e. The summed E-state index contributed by atoms with van der Waals surface area (Å²) < 4.78 is 18.7. The van der Waals surface area contributed by atoms with Gasteiger partial charge in [0.25, 0.3) is 0 Å². The second kappa shape index (κ2) is 12.6. The summed E-state index contributed by atoms with van der Waals surface area (Å²) in [5.74, 6) is 1.25. The first kappa shape index (κ1) is 31.1. The van der Waals surface area contributed by atoms with Crippen LogP contribution in [0, 0.1) is 6.92 Å². The molecule has 1 fully saturated rings. The van der Waals surface area contributed by atoms with Crippen LogP contribution < -0.4 is 15.0 Å². The van der Waals surface area contributed by atoms with Gasteiger partial charge < -0.3 is 24.4 Å². The molecule has 0 spiro atoms. The van der Waals surface area contributed by atoms with Gasteiger partial charge in [0.1, 0.15) is 17.0 Å². The van der Waals surface area contributed by atoms with Crippen LogP contribution in [0.1, 0.15) is 72.6 Å². The molecular formula is C31H44N6O5. The van der Waals surface area contributed by atoms with Crippen LogP contribution in [-0.4, -0.2) is 68.6 Å². The lowest BCUT2D eigenvalue weighted by atomic mass is 10.1. The average molecular weight is 581 g/mol. The Labute approximate surface area is 248 Å². The van der Waals surface area contributed by atoms with Gasteiger partial charge in [0, 0.05) is 37.3 Å². The van der Waals surface area contributed by atoms with Crippen molar-refractivity contribution in [2.45, 2.75) is 92.0 Å². The van der Waals surface area contributed by atoms with Crippen molar-refractivity contribution < 1.29 is 23.8 Å². The molecule has 0 radical (unpaired) electrons. The molecule has 1 aromatic carbocycles. The normalized spacial score (nSPS) is 15.9. The number of nitrogens with zero attached hydrogens (tertiary/aromatic N) is 5. The number of fused-ring (bicyclic) bond motifs is 1. The first-order chi connectivity index (χ1) is 19.8. The number of nitrogens with one attached hydrogen (secondary N) is 1. The highest BCUT2D eigenvalue weighted by Crippen LogP contribution is 2.33. The monoisotopic (exact) mass is 580 g/mol. The minimum absolute atomic E-state index is 0.0742. The summed E-state index contributed by atoms with van der Waals surface area (Å²) in [5.41, 5.74) is 1.50. The number of hydrogen-bond donors (Lipinski definition) is 1. The molecule has 2 amide bonds. The van der Waals surface area contributed by atoms with Crippen LogP contribution in [0.15, 0.2) is 36.5 Å². The van der Waals surface area contributed by atoms with Gasteiger partial charge >= 0.3 is 12.2 Å². The van der Waals surface area contributed by atoms with Gasteiger partial charge in [0.05, 0.1) is 24.2 Å². The average Bonchev–Trinajstić information content (AvgIpc) is 3.36. The van der Waals surface area contributed by atoms with E-state index < -0.39 is 17.3 Å². The standard InChI is InChI=1S/C31H44N6O5/c1-9-40-24-14-12-23(13-15-24)36(29(39)42-31(6,7)8)27-21(2)25(34-26-16-17-33-37(26)27)19-32-22-11-10-18-35(20-22)28(38)41-30(3,4)5/h12-17,22,32H,9-11,18-20H2,1-8H3. The maximum absolute atomic E-state index is 13.7. The Morgan fingerprint density at radius 2 is 1.74 bits per heavy atom. The van der Waals surface area contributed by atoms with E-state index in [1.165, 1.54) is 4.90 Å². The van der Waals surface area contributed by atoms with Gasteiger partial charge in [-0.2, -0.15) is 9.61 Å². The van der Waals surface area contributed by atoms with E-state index in [9.17, 15) is 9.59 Å². The van der Waals surface area contributed by atoms with Crippen molar-refractivity contribution in [2.24, 2.45) is 0 Å². The van der Waals surface area contributed by atoms with Crippen LogP contribution in [0.4, 0.5) is 21.1 Å². The first-order valence-corrected chi connectivity index (χ1v) is 14.6. The highest BCUT2D eigenvalue weighted by Gasteiger charge is 2.31. The predicted octanol–water partition coefficient (Wildman–Crippen LogP) is 6.00. The van der Waals surface area contributed by atoms with E-state index in [0.29, 0.717) is 49.1 Å². The SMILES string of the molecule is CCOc1ccc(N(C(=O)OC(C)(C)C)c2c(C)c(CNC3CCCN(C(=O)OC(C)(C)C)C3)nc3ccnn23)cc1. The minimum atomic E-state index is -0.712. The van der Waals surface area contributed by atoms with E-state index in [4.69, 9.17) is 19.2 Å². The number of aromatic nitrogens is 3. The van der Waals surface area contributed by atoms with Gasteiger partial charge in [-0.25, -0.2) is 19.5 Å². The van der Waals surface area contributed by atoms with E-state index >= 15 is 0 Å². The number of rotatable bonds is 7. The van der Waals surface area contributed by atoms with Crippen molar-refractivity contribution >= 4 is 29.3 Å². The summed E-state index contributed by atoms with van der Waals surface area (Å²) in [6, 6.07) is 9.20. The molecule has 0 aliphatic carbocycles. The third kappa shape index (κ3) is 7.70. The molecule has 1 aliphatic rings. The summed E-state index contributed by atoms with van der Waals surface area (Å²) in [6.45, 7) is 17.2. The van der Waals surface area contributed by atoms with Crippen molar-refractivity contribution in [3.63, 3.8) is 0 Å². The van der Waals surface area contributed by atoms with E-state index in [1.807, 2.05) is 85.7 Å². The number of hydrogen-bond acceptors (Lipinski definition) is 8. The Hall–Kier alpha value is -3.86. The molecule has 0 saturated carbocycles. The van der Waals surface area contributed by atoms with Crippen molar-refractivity contribution in [1.29, 1.82) is 0 Å². The van der Waals surface area contributed by atoms with Gasteiger partial charge in [-0.3, -0.25) is 0 Å². The van der Waals surface area contributed by atoms with Crippen molar-refractivity contribution in [3.05, 3.63) is 47.8 Å². The quantitative estimate of drug-likeness (QED) is 0.362. The van der Waals surface area contributed by atoms with Crippen LogP contribution in [0.25, 0.3) is 5.65 Å². The topological polar surface area (TPSA) is 111 Å². The molecule has 0 bridgehead atoms.